The van der Waals surface area contributed by atoms with Gasteiger partial charge in [-0.3, -0.25) is 4.79 Å². The Morgan fingerprint density at radius 1 is 1.35 bits per heavy atom. The van der Waals surface area contributed by atoms with E-state index in [1.807, 2.05) is 18.2 Å². The molecular formula is C15H19NO. The lowest BCUT2D eigenvalue weighted by Gasteiger charge is -2.07. The Kier molecular flexibility index (Phi) is 5.29. The highest BCUT2D eigenvalue weighted by Gasteiger charge is 2.02. The number of carbonyl (C=O) groups excluding carboxylic acids is 1. The van der Waals surface area contributed by atoms with Crippen LogP contribution in [-0.2, 0) is 4.79 Å². The standard InChI is InChI=1S/C15H19NO/c1-12(2)15-10-5-4-8-14(15)9-6-7-11-16-13(3)17/h4-5,8,10,12H,7,11H2,1-3H3,(H,16,17). The van der Waals surface area contributed by atoms with Crippen molar-refractivity contribution >= 4 is 5.91 Å². The average molecular weight is 229 g/mol. The van der Waals surface area contributed by atoms with Crippen molar-refractivity contribution in [2.45, 2.75) is 33.1 Å². The SMILES string of the molecule is CC(=O)NCCC#Cc1ccccc1C(C)C. The molecule has 2 heteroatoms. The predicted molar refractivity (Wildman–Crippen MR) is 70.7 cm³/mol. The summed E-state index contributed by atoms with van der Waals surface area (Å²) in [6, 6.07) is 8.20. The zero-order chi connectivity index (χ0) is 12.7. The van der Waals surface area contributed by atoms with E-state index in [2.05, 4.69) is 37.1 Å². The molecule has 0 bridgehead atoms. The lowest BCUT2D eigenvalue weighted by molar-refractivity contribution is -0.118. The first-order valence-electron chi connectivity index (χ1n) is 5.93. The average Bonchev–Trinajstić information content (AvgIpc) is 2.28. The van der Waals surface area contributed by atoms with Crippen molar-refractivity contribution in [2.75, 3.05) is 6.54 Å². The zero-order valence-electron chi connectivity index (χ0n) is 10.7. The molecule has 0 fully saturated rings. The van der Waals surface area contributed by atoms with Gasteiger partial charge >= 0.3 is 0 Å². The maximum Gasteiger partial charge on any atom is 0.216 e. The fourth-order valence-electron chi connectivity index (χ4n) is 1.57. The summed E-state index contributed by atoms with van der Waals surface area (Å²) in [4.78, 5) is 10.7. The third kappa shape index (κ3) is 4.74. The Balaban J connectivity index is 2.62. The topological polar surface area (TPSA) is 29.1 Å². The molecule has 0 aromatic heterocycles. The van der Waals surface area contributed by atoms with Gasteiger partial charge in [0.2, 0.25) is 5.91 Å². The zero-order valence-corrected chi connectivity index (χ0v) is 10.7. The van der Waals surface area contributed by atoms with Gasteiger partial charge in [0.25, 0.3) is 0 Å². The van der Waals surface area contributed by atoms with Crippen LogP contribution in [0.25, 0.3) is 0 Å². The van der Waals surface area contributed by atoms with Gasteiger partial charge in [0.05, 0.1) is 0 Å². The van der Waals surface area contributed by atoms with E-state index in [1.165, 1.54) is 12.5 Å². The Morgan fingerprint density at radius 2 is 2.06 bits per heavy atom. The summed E-state index contributed by atoms with van der Waals surface area (Å²) in [5.41, 5.74) is 2.37. The van der Waals surface area contributed by atoms with Crippen molar-refractivity contribution in [3.8, 4) is 11.8 Å². The molecule has 2 nitrogen and oxygen atoms in total. The van der Waals surface area contributed by atoms with E-state index in [1.54, 1.807) is 0 Å². The predicted octanol–water partition coefficient (Wildman–Crippen LogP) is 2.69. The van der Waals surface area contributed by atoms with E-state index in [0.29, 0.717) is 18.9 Å². The van der Waals surface area contributed by atoms with Gasteiger partial charge in [-0.1, -0.05) is 43.9 Å². The summed E-state index contributed by atoms with van der Waals surface area (Å²) >= 11 is 0. The molecule has 0 atom stereocenters. The van der Waals surface area contributed by atoms with Crippen LogP contribution in [0.15, 0.2) is 24.3 Å². The van der Waals surface area contributed by atoms with Crippen molar-refractivity contribution < 1.29 is 4.79 Å². The van der Waals surface area contributed by atoms with Gasteiger partial charge in [0.15, 0.2) is 0 Å². The van der Waals surface area contributed by atoms with Crippen LogP contribution in [0.2, 0.25) is 0 Å². The molecule has 0 saturated heterocycles. The third-order valence-corrected chi connectivity index (χ3v) is 2.43. The van der Waals surface area contributed by atoms with Gasteiger partial charge in [-0.05, 0) is 17.5 Å². The lowest BCUT2D eigenvalue weighted by Crippen LogP contribution is -2.20. The molecule has 1 amide bonds. The molecule has 1 rings (SSSR count). The Labute approximate surface area is 103 Å². The van der Waals surface area contributed by atoms with Gasteiger partial charge in [-0.25, -0.2) is 0 Å². The summed E-state index contributed by atoms with van der Waals surface area (Å²) in [6.07, 6.45) is 0.687. The first-order chi connectivity index (χ1) is 8.11. The molecule has 1 N–H and O–H groups in total. The van der Waals surface area contributed by atoms with E-state index in [0.717, 1.165) is 5.56 Å². The number of carbonyl (C=O) groups is 1. The van der Waals surface area contributed by atoms with E-state index in [4.69, 9.17) is 0 Å². The van der Waals surface area contributed by atoms with Crippen LogP contribution in [-0.4, -0.2) is 12.5 Å². The molecule has 0 unspecified atom stereocenters. The van der Waals surface area contributed by atoms with Crippen LogP contribution >= 0.6 is 0 Å². The highest BCUT2D eigenvalue weighted by molar-refractivity contribution is 5.72. The first-order valence-corrected chi connectivity index (χ1v) is 5.93. The molecule has 0 radical (unpaired) electrons. The van der Waals surface area contributed by atoms with Crippen LogP contribution in [0.1, 0.15) is 44.2 Å². The normalized spacial score (nSPS) is 9.65. The van der Waals surface area contributed by atoms with Crippen molar-refractivity contribution in [2.24, 2.45) is 0 Å². The molecule has 0 aliphatic heterocycles. The molecule has 1 aromatic rings. The number of benzene rings is 1. The minimum absolute atomic E-state index is 0.00520. The van der Waals surface area contributed by atoms with Gasteiger partial charge in [-0.15, -0.1) is 0 Å². The summed E-state index contributed by atoms with van der Waals surface area (Å²) in [7, 11) is 0. The van der Waals surface area contributed by atoms with Crippen LogP contribution in [0.4, 0.5) is 0 Å². The Hall–Kier alpha value is -1.75. The van der Waals surface area contributed by atoms with E-state index in [9.17, 15) is 4.79 Å². The van der Waals surface area contributed by atoms with Crippen LogP contribution < -0.4 is 5.32 Å². The summed E-state index contributed by atoms with van der Waals surface area (Å²) < 4.78 is 0. The van der Waals surface area contributed by atoms with Gasteiger partial charge < -0.3 is 5.32 Å². The van der Waals surface area contributed by atoms with Gasteiger partial charge in [-0.2, -0.15) is 0 Å². The van der Waals surface area contributed by atoms with Crippen LogP contribution in [0.3, 0.4) is 0 Å². The Bertz CT molecular complexity index is 438. The van der Waals surface area contributed by atoms with Crippen molar-refractivity contribution in [3.63, 3.8) is 0 Å². The van der Waals surface area contributed by atoms with Gasteiger partial charge in [0, 0.05) is 25.5 Å². The third-order valence-electron chi connectivity index (χ3n) is 2.43. The van der Waals surface area contributed by atoms with E-state index in [-0.39, 0.29) is 5.91 Å². The Morgan fingerprint density at radius 3 is 2.71 bits per heavy atom. The summed E-state index contributed by atoms with van der Waals surface area (Å²) in [6.45, 7) is 6.46. The molecule has 0 spiro atoms. The molecule has 0 heterocycles. The minimum Gasteiger partial charge on any atom is -0.355 e. The fourth-order valence-corrected chi connectivity index (χ4v) is 1.57. The van der Waals surface area contributed by atoms with Gasteiger partial charge in [0.1, 0.15) is 0 Å². The minimum atomic E-state index is -0.00520. The second-order valence-corrected chi connectivity index (χ2v) is 4.28. The maximum atomic E-state index is 10.7. The highest BCUT2D eigenvalue weighted by atomic mass is 16.1. The second-order valence-electron chi connectivity index (χ2n) is 4.28. The largest absolute Gasteiger partial charge is 0.355 e. The molecule has 1 aromatic carbocycles. The quantitative estimate of drug-likeness (QED) is 0.626. The van der Waals surface area contributed by atoms with Crippen LogP contribution in [0, 0.1) is 11.8 Å². The summed E-state index contributed by atoms with van der Waals surface area (Å²) in [5.74, 6) is 6.73. The highest BCUT2D eigenvalue weighted by Crippen LogP contribution is 2.17. The smallest absolute Gasteiger partial charge is 0.216 e. The number of hydrogen-bond donors (Lipinski definition) is 1. The van der Waals surface area contributed by atoms with Crippen molar-refractivity contribution in [1.82, 2.24) is 5.32 Å². The van der Waals surface area contributed by atoms with E-state index >= 15 is 0 Å². The number of rotatable bonds is 3. The lowest BCUT2D eigenvalue weighted by atomic mass is 9.97. The monoisotopic (exact) mass is 229 g/mol. The molecular weight excluding hydrogens is 210 g/mol. The number of nitrogens with one attached hydrogen (secondary N) is 1. The van der Waals surface area contributed by atoms with Crippen molar-refractivity contribution in [1.29, 1.82) is 0 Å². The van der Waals surface area contributed by atoms with Crippen LogP contribution in [0.5, 0.6) is 0 Å². The number of amides is 1. The molecule has 17 heavy (non-hydrogen) atoms. The molecule has 0 aliphatic carbocycles. The summed E-state index contributed by atoms with van der Waals surface area (Å²) in [5, 5.41) is 2.73. The van der Waals surface area contributed by atoms with Crippen molar-refractivity contribution in [3.05, 3.63) is 35.4 Å². The first kappa shape index (κ1) is 13.3. The second kappa shape index (κ2) is 6.75. The fraction of sp³-hybridized carbons (Fsp3) is 0.400. The molecule has 90 valence electrons. The molecule has 0 saturated carbocycles. The van der Waals surface area contributed by atoms with E-state index < -0.39 is 0 Å². The maximum absolute atomic E-state index is 10.7. The number of hydrogen-bond acceptors (Lipinski definition) is 1. The molecule has 0 aliphatic rings.